The van der Waals surface area contributed by atoms with Gasteiger partial charge >= 0.3 is 5.97 Å². The third-order valence-electron chi connectivity index (χ3n) is 4.54. The molecule has 0 atom stereocenters. The number of ether oxygens (including phenoxy) is 2. The number of pyridine rings is 1. The minimum Gasteiger partial charge on any atom is -0.497 e. The van der Waals surface area contributed by atoms with E-state index in [1.54, 1.807) is 50.6 Å². The van der Waals surface area contributed by atoms with Crippen molar-refractivity contribution in [3.63, 3.8) is 0 Å². The van der Waals surface area contributed by atoms with Crippen LogP contribution in [0.1, 0.15) is 27.9 Å². The second kappa shape index (κ2) is 7.63. The quantitative estimate of drug-likeness (QED) is 0.500. The first-order valence-electron chi connectivity index (χ1n) is 9.12. The highest BCUT2D eigenvalue weighted by Gasteiger charge is 2.13. The molecule has 2 aromatic carbocycles. The van der Waals surface area contributed by atoms with Crippen molar-refractivity contribution in [1.82, 2.24) is 9.97 Å². The fourth-order valence-corrected chi connectivity index (χ4v) is 3.10. The topological polar surface area (TPSA) is 93.3 Å². The van der Waals surface area contributed by atoms with E-state index in [2.05, 4.69) is 15.3 Å². The molecule has 2 aromatic heterocycles. The van der Waals surface area contributed by atoms with Gasteiger partial charge in [-0.25, -0.2) is 4.79 Å². The van der Waals surface area contributed by atoms with Crippen LogP contribution >= 0.6 is 0 Å². The summed E-state index contributed by atoms with van der Waals surface area (Å²) in [6.45, 7) is 2.06. The minimum atomic E-state index is -0.411. The summed E-state index contributed by atoms with van der Waals surface area (Å²) in [6.07, 6.45) is 1.65. The zero-order valence-electron chi connectivity index (χ0n) is 16.0. The molecular formula is C22H19N3O4. The predicted octanol–water partition coefficient (Wildman–Crippen LogP) is 4.15. The number of rotatable bonds is 5. The lowest BCUT2D eigenvalue weighted by Gasteiger charge is -2.07. The highest BCUT2D eigenvalue weighted by atomic mass is 16.5. The SMILES string of the molecule is CCOC(=O)c1cc2cc(NC(=O)c3cc4ccc(OC)cc4cn3)ccc2[nH]1. The van der Waals surface area contributed by atoms with E-state index < -0.39 is 5.97 Å². The number of aromatic amines is 1. The molecule has 0 spiro atoms. The first-order chi connectivity index (χ1) is 14.1. The maximum absolute atomic E-state index is 12.6. The highest BCUT2D eigenvalue weighted by molar-refractivity contribution is 6.06. The minimum absolute atomic E-state index is 0.307. The second-order valence-electron chi connectivity index (χ2n) is 6.44. The van der Waals surface area contributed by atoms with Crippen molar-refractivity contribution in [2.75, 3.05) is 19.0 Å². The molecule has 0 saturated carbocycles. The lowest BCUT2D eigenvalue weighted by atomic mass is 10.1. The number of H-pyrrole nitrogens is 1. The summed E-state index contributed by atoms with van der Waals surface area (Å²) in [4.78, 5) is 31.8. The average molecular weight is 389 g/mol. The van der Waals surface area contributed by atoms with Gasteiger partial charge in [-0.2, -0.15) is 0 Å². The van der Waals surface area contributed by atoms with Gasteiger partial charge in [0.25, 0.3) is 5.91 Å². The molecule has 0 unspecified atom stereocenters. The number of nitrogens with one attached hydrogen (secondary N) is 2. The van der Waals surface area contributed by atoms with Crippen LogP contribution in [0.3, 0.4) is 0 Å². The molecule has 7 nitrogen and oxygen atoms in total. The first kappa shape index (κ1) is 18.5. The molecule has 2 heterocycles. The molecule has 0 aliphatic heterocycles. The van der Waals surface area contributed by atoms with E-state index in [9.17, 15) is 9.59 Å². The number of benzene rings is 2. The average Bonchev–Trinajstić information content (AvgIpc) is 3.16. The maximum atomic E-state index is 12.6. The molecule has 7 heteroatoms. The first-order valence-corrected chi connectivity index (χ1v) is 9.12. The van der Waals surface area contributed by atoms with Crippen molar-refractivity contribution in [3.05, 3.63) is 66.1 Å². The Morgan fingerprint density at radius 1 is 1.03 bits per heavy atom. The van der Waals surface area contributed by atoms with E-state index in [0.29, 0.717) is 23.7 Å². The number of carbonyl (C=O) groups is 2. The van der Waals surface area contributed by atoms with Crippen molar-refractivity contribution in [1.29, 1.82) is 0 Å². The van der Waals surface area contributed by atoms with Gasteiger partial charge in [-0.3, -0.25) is 9.78 Å². The number of fused-ring (bicyclic) bond motifs is 2. The van der Waals surface area contributed by atoms with E-state index in [-0.39, 0.29) is 5.91 Å². The van der Waals surface area contributed by atoms with E-state index in [0.717, 1.165) is 27.4 Å². The van der Waals surface area contributed by atoms with Crippen LogP contribution in [0, 0.1) is 0 Å². The zero-order chi connectivity index (χ0) is 20.4. The summed E-state index contributed by atoms with van der Waals surface area (Å²) in [5.74, 6) is 0.00740. The normalized spacial score (nSPS) is 10.8. The lowest BCUT2D eigenvalue weighted by molar-refractivity contribution is 0.0520. The smallest absolute Gasteiger partial charge is 0.354 e. The van der Waals surface area contributed by atoms with Crippen molar-refractivity contribution >= 4 is 39.2 Å². The molecular weight excluding hydrogens is 370 g/mol. The molecule has 4 aromatic rings. The molecule has 1 amide bonds. The summed E-state index contributed by atoms with van der Waals surface area (Å²) >= 11 is 0. The highest BCUT2D eigenvalue weighted by Crippen LogP contribution is 2.23. The molecule has 0 fully saturated rings. The number of hydrogen-bond acceptors (Lipinski definition) is 5. The van der Waals surface area contributed by atoms with E-state index in [1.807, 2.05) is 18.2 Å². The van der Waals surface area contributed by atoms with Crippen molar-refractivity contribution in [2.24, 2.45) is 0 Å². The molecule has 0 radical (unpaired) electrons. The number of esters is 1. The molecule has 0 bridgehead atoms. The summed E-state index contributed by atoms with van der Waals surface area (Å²) in [5.41, 5.74) is 2.07. The Morgan fingerprint density at radius 3 is 2.69 bits per heavy atom. The second-order valence-corrected chi connectivity index (χ2v) is 6.44. The largest absolute Gasteiger partial charge is 0.497 e. The molecule has 0 aliphatic carbocycles. The number of methoxy groups -OCH3 is 1. The van der Waals surface area contributed by atoms with Crippen LogP contribution in [0.5, 0.6) is 5.75 Å². The van der Waals surface area contributed by atoms with E-state index in [4.69, 9.17) is 9.47 Å². The third kappa shape index (κ3) is 3.75. The predicted molar refractivity (Wildman–Crippen MR) is 111 cm³/mol. The van der Waals surface area contributed by atoms with Crippen molar-refractivity contribution < 1.29 is 19.1 Å². The number of amides is 1. The van der Waals surface area contributed by atoms with Crippen LogP contribution in [0.15, 0.2) is 54.7 Å². The zero-order valence-corrected chi connectivity index (χ0v) is 16.0. The van der Waals surface area contributed by atoms with Gasteiger partial charge < -0.3 is 19.8 Å². The van der Waals surface area contributed by atoms with Gasteiger partial charge in [-0.1, -0.05) is 6.07 Å². The van der Waals surface area contributed by atoms with Gasteiger partial charge in [0, 0.05) is 28.2 Å². The fraction of sp³-hybridized carbons (Fsp3) is 0.136. The van der Waals surface area contributed by atoms with Crippen LogP contribution in [-0.4, -0.2) is 35.6 Å². The van der Waals surface area contributed by atoms with Gasteiger partial charge in [-0.15, -0.1) is 0 Å². The van der Waals surface area contributed by atoms with E-state index in [1.165, 1.54) is 0 Å². The Balaban J connectivity index is 1.56. The molecule has 146 valence electrons. The van der Waals surface area contributed by atoms with Gasteiger partial charge in [0.2, 0.25) is 0 Å². The van der Waals surface area contributed by atoms with Crippen LogP contribution in [0.2, 0.25) is 0 Å². The third-order valence-corrected chi connectivity index (χ3v) is 4.54. The van der Waals surface area contributed by atoms with Gasteiger partial charge in [0.05, 0.1) is 13.7 Å². The summed E-state index contributed by atoms with van der Waals surface area (Å²) in [7, 11) is 1.60. The number of anilines is 1. The molecule has 29 heavy (non-hydrogen) atoms. The molecule has 0 aliphatic rings. The maximum Gasteiger partial charge on any atom is 0.354 e. The Kier molecular flexibility index (Phi) is 4.87. The number of hydrogen-bond donors (Lipinski definition) is 2. The summed E-state index contributed by atoms with van der Waals surface area (Å²) < 4.78 is 10.2. The standard InChI is InChI=1S/C22H19N3O4/c1-3-29-22(27)20-11-14-8-16(5-7-18(14)25-20)24-21(26)19-10-13-4-6-17(28-2)9-15(13)12-23-19/h4-12,25H,3H2,1-2H3,(H,24,26). The van der Waals surface area contributed by atoms with Gasteiger partial charge in [0.1, 0.15) is 17.1 Å². The molecule has 0 saturated heterocycles. The van der Waals surface area contributed by atoms with Crippen LogP contribution in [0.25, 0.3) is 21.7 Å². The number of nitrogens with zero attached hydrogens (tertiary/aromatic N) is 1. The fourth-order valence-electron chi connectivity index (χ4n) is 3.10. The number of aromatic nitrogens is 2. The lowest BCUT2D eigenvalue weighted by Crippen LogP contribution is -2.13. The number of carbonyl (C=O) groups excluding carboxylic acids is 2. The molecule has 2 N–H and O–H groups in total. The van der Waals surface area contributed by atoms with Crippen LogP contribution in [-0.2, 0) is 4.74 Å². The van der Waals surface area contributed by atoms with Crippen LogP contribution < -0.4 is 10.1 Å². The van der Waals surface area contributed by atoms with E-state index >= 15 is 0 Å². The van der Waals surface area contributed by atoms with Crippen LogP contribution in [0.4, 0.5) is 5.69 Å². The monoisotopic (exact) mass is 389 g/mol. The van der Waals surface area contributed by atoms with Crippen molar-refractivity contribution in [3.8, 4) is 5.75 Å². The summed E-state index contributed by atoms with van der Waals surface area (Å²) in [5, 5.41) is 5.43. The van der Waals surface area contributed by atoms with Gasteiger partial charge in [-0.05, 0) is 54.8 Å². The Hall–Kier alpha value is -3.87. The Labute approximate surface area is 166 Å². The molecule has 4 rings (SSSR count). The van der Waals surface area contributed by atoms with Crippen molar-refractivity contribution in [2.45, 2.75) is 6.92 Å². The Bertz CT molecular complexity index is 1230. The van der Waals surface area contributed by atoms with Gasteiger partial charge in [0.15, 0.2) is 0 Å². The summed E-state index contributed by atoms with van der Waals surface area (Å²) in [6, 6.07) is 14.4. The Morgan fingerprint density at radius 2 is 1.90 bits per heavy atom.